The van der Waals surface area contributed by atoms with Crippen molar-refractivity contribution >= 4 is 5.97 Å². The SMILES string of the molecule is CC[C@@H]1C[C@@H](C(C)(C)F)C(OC(C)=O)O1. The normalized spacial score (nSPS) is 31.7. The van der Waals surface area contributed by atoms with Crippen LogP contribution >= 0.6 is 0 Å². The van der Waals surface area contributed by atoms with Crippen LogP contribution in [0.25, 0.3) is 0 Å². The van der Waals surface area contributed by atoms with Gasteiger partial charge in [0.15, 0.2) is 0 Å². The monoisotopic (exact) mass is 218 g/mol. The van der Waals surface area contributed by atoms with E-state index in [1.54, 1.807) is 0 Å². The van der Waals surface area contributed by atoms with Crippen molar-refractivity contribution in [2.24, 2.45) is 5.92 Å². The molecule has 0 spiro atoms. The first-order valence-corrected chi connectivity index (χ1v) is 5.36. The second-order valence-electron chi connectivity index (χ2n) is 4.55. The Morgan fingerprint density at radius 2 is 2.20 bits per heavy atom. The van der Waals surface area contributed by atoms with E-state index >= 15 is 0 Å². The first-order valence-electron chi connectivity index (χ1n) is 5.36. The van der Waals surface area contributed by atoms with E-state index in [0.717, 1.165) is 6.42 Å². The predicted octanol–water partition coefficient (Wildman–Crippen LogP) is 2.44. The van der Waals surface area contributed by atoms with Crippen molar-refractivity contribution in [3.05, 3.63) is 0 Å². The maximum absolute atomic E-state index is 13.8. The highest BCUT2D eigenvalue weighted by Gasteiger charge is 2.45. The third kappa shape index (κ3) is 3.16. The van der Waals surface area contributed by atoms with E-state index in [1.165, 1.54) is 20.8 Å². The van der Waals surface area contributed by atoms with Crippen LogP contribution in [0, 0.1) is 5.92 Å². The quantitative estimate of drug-likeness (QED) is 0.682. The van der Waals surface area contributed by atoms with Gasteiger partial charge >= 0.3 is 5.97 Å². The molecule has 3 nitrogen and oxygen atoms in total. The van der Waals surface area contributed by atoms with Gasteiger partial charge in [-0.15, -0.1) is 0 Å². The molecule has 88 valence electrons. The number of esters is 1. The van der Waals surface area contributed by atoms with Gasteiger partial charge in [-0.05, 0) is 26.7 Å². The molecule has 0 saturated carbocycles. The van der Waals surface area contributed by atoms with Crippen LogP contribution in [0.2, 0.25) is 0 Å². The van der Waals surface area contributed by atoms with Crippen LogP contribution < -0.4 is 0 Å². The fourth-order valence-electron chi connectivity index (χ4n) is 1.87. The van der Waals surface area contributed by atoms with Gasteiger partial charge < -0.3 is 9.47 Å². The molecule has 0 radical (unpaired) electrons. The fourth-order valence-corrected chi connectivity index (χ4v) is 1.87. The maximum Gasteiger partial charge on any atom is 0.304 e. The molecular formula is C11H19FO3. The lowest BCUT2D eigenvalue weighted by molar-refractivity contribution is -0.185. The lowest BCUT2D eigenvalue weighted by Crippen LogP contribution is -2.35. The lowest BCUT2D eigenvalue weighted by atomic mass is 9.89. The molecule has 3 atom stereocenters. The van der Waals surface area contributed by atoms with E-state index in [9.17, 15) is 9.18 Å². The number of carbonyl (C=O) groups excluding carboxylic acids is 1. The van der Waals surface area contributed by atoms with Gasteiger partial charge in [0.25, 0.3) is 0 Å². The predicted molar refractivity (Wildman–Crippen MR) is 54.0 cm³/mol. The van der Waals surface area contributed by atoms with Crippen LogP contribution in [0.1, 0.15) is 40.5 Å². The van der Waals surface area contributed by atoms with Crippen LogP contribution in [-0.2, 0) is 14.3 Å². The summed E-state index contributed by atoms with van der Waals surface area (Å²) >= 11 is 0. The largest absolute Gasteiger partial charge is 0.435 e. The van der Waals surface area contributed by atoms with Gasteiger partial charge in [0.05, 0.1) is 12.0 Å². The van der Waals surface area contributed by atoms with Crippen molar-refractivity contribution in [1.82, 2.24) is 0 Å². The summed E-state index contributed by atoms with van der Waals surface area (Å²) in [7, 11) is 0. The molecule has 1 aliphatic heterocycles. The Balaban J connectivity index is 2.70. The van der Waals surface area contributed by atoms with Crippen LogP contribution in [0.3, 0.4) is 0 Å². The zero-order chi connectivity index (χ0) is 11.6. The molecule has 0 aromatic carbocycles. The average molecular weight is 218 g/mol. The summed E-state index contributed by atoms with van der Waals surface area (Å²) in [6, 6.07) is 0. The molecule has 1 unspecified atom stereocenters. The van der Waals surface area contributed by atoms with E-state index < -0.39 is 17.9 Å². The molecule has 0 N–H and O–H groups in total. The molecule has 0 amide bonds. The second kappa shape index (κ2) is 4.47. The van der Waals surface area contributed by atoms with E-state index in [-0.39, 0.29) is 12.0 Å². The van der Waals surface area contributed by atoms with Crippen LogP contribution in [0.4, 0.5) is 4.39 Å². The number of hydrogen-bond acceptors (Lipinski definition) is 3. The highest BCUT2D eigenvalue weighted by molar-refractivity contribution is 5.66. The summed E-state index contributed by atoms with van der Waals surface area (Å²) in [6.45, 7) is 6.28. The summed E-state index contributed by atoms with van der Waals surface area (Å²) in [4.78, 5) is 10.8. The van der Waals surface area contributed by atoms with Crippen LogP contribution in [0.5, 0.6) is 0 Å². The molecule has 4 heteroatoms. The van der Waals surface area contributed by atoms with Crippen molar-refractivity contribution in [2.75, 3.05) is 0 Å². The van der Waals surface area contributed by atoms with Crippen LogP contribution in [0.15, 0.2) is 0 Å². The maximum atomic E-state index is 13.8. The standard InChI is InChI=1S/C11H19FO3/c1-5-8-6-9(11(3,4)12)10(15-8)14-7(2)13/h8-10H,5-6H2,1-4H3/t8-,9-,10?/m1/s1. The minimum absolute atomic E-state index is 0.00521. The van der Waals surface area contributed by atoms with Crippen molar-refractivity contribution < 1.29 is 18.7 Å². The molecule has 1 aliphatic rings. The molecule has 1 heterocycles. The zero-order valence-electron chi connectivity index (χ0n) is 9.75. The van der Waals surface area contributed by atoms with Gasteiger partial charge in [-0.2, -0.15) is 0 Å². The third-order valence-corrected chi connectivity index (χ3v) is 2.79. The second-order valence-corrected chi connectivity index (χ2v) is 4.55. The van der Waals surface area contributed by atoms with Gasteiger partial charge in [0.2, 0.25) is 6.29 Å². The van der Waals surface area contributed by atoms with Gasteiger partial charge in [-0.1, -0.05) is 6.92 Å². The number of rotatable bonds is 3. The fraction of sp³-hybridized carbons (Fsp3) is 0.909. The van der Waals surface area contributed by atoms with Crippen LogP contribution in [-0.4, -0.2) is 24.0 Å². The zero-order valence-corrected chi connectivity index (χ0v) is 9.75. The summed E-state index contributed by atoms with van der Waals surface area (Å²) in [5.74, 6) is -0.794. The summed E-state index contributed by atoms with van der Waals surface area (Å²) < 4.78 is 24.3. The van der Waals surface area contributed by atoms with Crippen molar-refractivity contribution in [1.29, 1.82) is 0 Å². The lowest BCUT2D eigenvalue weighted by Gasteiger charge is -2.26. The summed E-state index contributed by atoms with van der Waals surface area (Å²) in [5.41, 5.74) is -1.38. The van der Waals surface area contributed by atoms with E-state index in [4.69, 9.17) is 9.47 Å². The van der Waals surface area contributed by atoms with E-state index in [2.05, 4.69) is 0 Å². The molecule has 1 saturated heterocycles. The number of halogens is 1. The first-order chi connectivity index (χ1) is 6.84. The number of hydrogen-bond donors (Lipinski definition) is 0. The van der Waals surface area contributed by atoms with Gasteiger partial charge in [0.1, 0.15) is 5.67 Å². The summed E-state index contributed by atoms with van der Waals surface area (Å²) in [5, 5.41) is 0. The Hall–Kier alpha value is -0.640. The molecule has 0 bridgehead atoms. The molecule has 1 fully saturated rings. The molecular weight excluding hydrogens is 199 g/mol. The topological polar surface area (TPSA) is 35.5 Å². The van der Waals surface area contributed by atoms with E-state index in [0.29, 0.717) is 6.42 Å². The average Bonchev–Trinajstić information content (AvgIpc) is 2.45. The first kappa shape index (κ1) is 12.4. The highest BCUT2D eigenvalue weighted by Crippen LogP contribution is 2.38. The minimum atomic E-state index is -1.38. The van der Waals surface area contributed by atoms with Gasteiger partial charge in [-0.3, -0.25) is 4.79 Å². The number of alkyl halides is 1. The molecule has 15 heavy (non-hydrogen) atoms. The molecule has 1 rings (SSSR count). The Morgan fingerprint density at radius 1 is 1.60 bits per heavy atom. The molecule has 0 aromatic heterocycles. The Labute approximate surface area is 89.9 Å². The number of ether oxygens (including phenoxy) is 2. The number of carbonyl (C=O) groups is 1. The summed E-state index contributed by atoms with van der Waals surface area (Å²) in [6.07, 6.45) is 0.685. The van der Waals surface area contributed by atoms with Crippen molar-refractivity contribution in [3.8, 4) is 0 Å². The smallest absolute Gasteiger partial charge is 0.304 e. The Kier molecular flexibility index (Phi) is 3.71. The Bertz CT molecular complexity index is 234. The van der Waals surface area contributed by atoms with Crippen molar-refractivity contribution in [2.45, 2.75) is 58.6 Å². The van der Waals surface area contributed by atoms with Crippen molar-refractivity contribution in [3.63, 3.8) is 0 Å². The molecule has 0 aromatic rings. The Morgan fingerprint density at radius 3 is 2.60 bits per heavy atom. The van der Waals surface area contributed by atoms with Gasteiger partial charge in [0, 0.05) is 6.92 Å². The highest BCUT2D eigenvalue weighted by atomic mass is 19.1. The minimum Gasteiger partial charge on any atom is -0.435 e. The van der Waals surface area contributed by atoms with Gasteiger partial charge in [-0.25, -0.2) is 4.39 Å². The molecule has 0 aliphatic carbocycles. The third-order valence-electron chi connectivity index (χ3n) is 2.79. The van der Waals surface area contributed by atoms with E-state index in [1.807, 2.05) is 6.92 Å².